The van der Waals surface area contributed by atoms with Gasteiger partial charge in [0.2, 0.25) is 0 Å². The van der Waals surface area contributed by atoms with Crippen LogP contribution in [0, 0.1) is 0 Å². The van der Waals surface area contributed by atoms with Crippen molar-refractivity contribution in [3.05, 3.63) is 65.7 Å². The third-order valence-electron chi connectivity index (χ3n) is 5.76. The Bertz CT molecular complexity index is 774. The highest BCUT2D eigenvalue weighted by molar-refractivity contribution is 5.74. The Balaban J connectivity index is 1.39. The highest BCUT2D eigenvalue weighted by atomic mass is 16.5. The van der Waals surface area contributed by atoms with Crippen LogP contribution in [-0.4, -0.2) is 54.7 Å². The maximum absolute atomic E-state index is 13.0. The third kappa shape index (κ3) is 4.65. The number of amides is 2. The van der Waals surface area contributed by atoms with E-state index in [-0.39, 0.29) is 12.1 Å². The molecule has 1 heterocycles. The predicted octanol–water partition coefficient (Wildman–Crippen LogP) is 3.30. The lowest BCUT2D eigenvalue weighted by atomic mass is 10.0. The Labute approximate surface area is 167 Å². The number of benzene rings is 2. The SMILES string of the molecule is COc1ccc(CNC(=O)N2CCN(C3CC3)CC2Cc2ccccc2)cc1. The molecule has 0 spiro atoms. The van der Waals surface area contributed by atoms with Gasteiger partial charge in [-0.25, -0.2) is 4.79 Å². The molecule has 2 aromatic rings. The van der Waals surface area contributed by atoms with E-state index in [0.717, 1.165) is 43.4 Å². The Hall–Kier alpha value is -2.53. The number of nitrogens with zero attached hydrogens (tertiary/aromatic N) is 2. The second-order valence-corrected chi connectivity index (χ2v) is 7.77. The van der Waals surface area contributed by atoms with Crippen LogP contribution in [0.25, 0.3) is 0 Å². The normalized spacial score (nSPS) is 20.0. The molecule has 2 aromatic carbocycles. The summed E-state index contributed by atoms with van der Waals surface area (Å²) in [5.41, 5.74) is 2.36. The van der Waals surface area contributed by atoms with E-state index < -0.39 is 0 Å². The summed E-state index contributed by atoms with van der Waals surface area (Å²) in [6.45, 7) is 3.27. The molecule has 1 saturated carbocycles. The topological polar surface area (TPSA) is 44.8 Å². The van der Waals surface area contributed by atoms with Crippen LogP contribution in [0.2, 0.25) is 0 Å². The first-order valence-electron chi connectivity index (χ1n) is 10.2. The van der Waals surface area contributed by atoms with E-state index in [1.54, 1.807) is 7.11 Å². The minimum absolute atomic E-state index is 0.0344. The number of carbonyl (C=O) groups excluding carboxylic acids is 1. The van der Waals surface area contributed by atoms with E-state index in [9.17, 15) is 4.79 Å². The molecule has 0 aromatic heterocycles. The number of nitrogens with one attached hydrogen (secondary N) is 1. The van der Waals surface area contributed by atoms with E-state index in [4.69, 9.17) is 4.74 Å². The lowest BCUT2D eigenvalue weighted by molar-refractivity contribution is 0.0891. The Morgan fingerprint density at radius 1 is 1.04 bits per heavy atom. The predicted molar refractivity (Wildman–Crippen MR) is 110 cm³/mol. The summed E-state index contributed by atoms with van der Waals surface area (Å²) in [6.07, 6.45) is 3.52. The van der Waals surface area contributed by atoms with E-state index in [0.29, 0.717) is 6.54 Å². The van der Waals surface area contributed by atoms with Crippen LogP contribution in [-0.2, 0) is 13.0 Å². The molecular weight excluding hydrogens is 350 g/mol. The molecule has 1 N–H and O–H groups in total. The lowest BCUT2D eigenvalue weighted by Gasteiger charge is -2.41. The molecule has 5 nitrogen and oxygen atoms in total. The van der Waals surface area contributed by atoms with Gasteiger partial charge >= 0.3 is 6.03 Å². The van der Waals surface area contributed by atoms with Crippen molar-refractivity contribution in [2.24, 2.45) is 0 Å². The fraction of sp³-hybridized carbons (Fsp3) is 0.435. The van der Waals surface area contributed by atoms with Crippen molar-refractivity contribution < 1.29 is 9.53 Å². The minimum atomic E-state index is 0.0344. The molecule has 4 rings (SSSR count). The standard InChI is InChI=1S/C23H29N3O2/c1-28-22-11-7-19(8-12-22)16-24-23(27)26-14-13-25(20-9-10-20)17-21(26)15-18-5-3-2-4-6-18/h2-8,11-12,20-21H,9-10,13-17H2,1H3,(H,24,27). The lowest BCUT2D eigenvalue weighted by Crippen LogP contribution is -2.58. The van der Waals surface area contributed by atoms with Gasteiger partial charge in [0.05, 0.1) is 13.2 Å². The maximum atomic E-state index is 13.0. The average molecular weight is 380 g/mol. The van der Waals surface area contributed by atoms with Crippen molar-refractivity contribution in [3.8, 4) is 5.75 Å². The van der Waals surface area contributed by atoms with Crippen LogP contribution >= 0.6 is 0 Å². The third-order valence-corrected chi connectivity index (χ3v) is 5.76. The number of hydrogen-bond donors (Lipinski definition) is 1. The first-order valence-corrected chi connectivity index (χ1v) is 10.2. The van der Waals surface area contributed by atoms with Crippen LogP contribution < -0.4 is 10.1 Å². The molecule has 1 aliphatic heterocycles. The molecule has 1 aliphatic carbocycles. The van der Waals surface area contributed by atoms with Crippen LogP contribution in [0.4, 0.5) is 4.79 Å². The molecule has 148 valence electrons. The number of piperazine rings is 1. The van der Waals surface area contributed by atoms with Crippen LogP contribution in [0.15, 0.2) is 54.6 Å². The molecule has 1 saturated heterocycles. The van der Waals surface area contributed by atoms with Gasteiger partial charge in [0.25, 0.3) is 0 Å². The van der Waals surface area contributed by atoms with Crippen molar-refractivity contribution in [1.82, 2.24) is 15.1 Å². The van der Waals surface area contributed by atoms with Gasteiger partial charge in [0.15, 0.2) is 0 Å². The minimum Gasteiger partial charge on any atom is -0.497 e. The largest absolute Gasteiger partial charge is 0.497 e. The molecule has 1 atom stereocenters. The summed E-state index contributed by atoms with van der Waals surface area (Å²) in [5.74, 6) is 0.828. The van der Waals surface area contributed by atoms with E-state index in [2.05, 4.69) is 34.5 Å². The molecule has 2 fully saturated rings. The first kappa shape index (κ1) is 18.8. The van der Waals surface area contributed by atoms with Gasteiger partial charge in [-0.05, 0) is 42.5 Å². The number of urea groups is 1. The smallest absolute Gasteiger partial charge is 0.318 e. The number of methoxy groups -OCH3 is 1. The number of rotatable bonds is 6. The van der Waals surface area contributed by atoms with Gasteiger partial charge in [0, 0.05) is 32.2 Å². The van der Waals surface area contributed by atoms with Crippen LogP contribution in [0.1, 0.15) is 24.0 Å². The summed E-state index contributed by atoms with van der Waals surface area (Å²) in [6, 6.07) is 19.3. The molecule has 0 bridgehead atoms. The zero-order valence-corrected chi connectivity index (χ0v) is 16.5. The van der Waals surface area contributed by atoms with Crippen molar-refractivity contribution in [3.63, 3.8) is 0 Å². The second kappa shape index (κ2) is 8.65. The van der Waals surface area contributed by atoms with Crippen LogP contribution in [0.5, 0.6) is 5.75 Å². The number of hydrogen-bond acceptors (Lipinski definition) is 3. The van der Waals surface area contributed by atoms with Gasteiger partial charge in [-0.15, -0.1) is 0 Å². The van der Waals surface area contributed by atoms with Gasteiger partial charge < -0.3 is 15.0 Å². The summed E-state index contributed by atoms with van der Waals surface area (Å²) < 4.78 is 5.19. The second-order valence-electron chi connectivity index (χ2n) is 7.77. The zero-order chi connectivity index (χ0) is 19.3. The van der Waals surface area contributed by atoms with Gasteiger partial charge in [0.1, 0.15) is 5.75 Å². The van der Waals surface area contributed by atoms with Crippen LogP contribution in [0.3, 0.4) is 0 Å². The summed E-state index contributed by atoms with van der Waals surface area (Å²) >= 11 is 0. The monoisotopic (exact) mass is 379 g/mol. The van der Waals surface area contributed by atoms with E-state index in [1.165, 1.54) is 18.4 Å². The first-order chi connectivity index (χ1) is 13.7. The fourth-order valence-corrected chi connectivity index (χ4v) is 4.00. The average Bonchev–Trinajstić information content (AvgIpc) is 3.58. The Kier molecular flexibility index (Phi) is 5.81. The fourth-order valence-electron chi connectivity index (χ4n) is 4.00. The highest BCUT2D eigenvalue weighted by Gasteiger charge is 2.37. The van der Waals surface area contributed by atoms with E-state index >= 15 is 0 Å². The Morgan fingerprint density at radius 3 is 2.46 bits per heavy atom. The molecule has 0 radical (unpaired) electrons. The van der Waals surface area contributed by atoms with E-state index in [1.807, 2.05) is 35.2 Å². The number of ether oxygens (including phenoxy) is 1. The zero-order valence-electron chi connectivity index (χ0n) is 16.5. The maximum Gasteiger partial charge on any atom is 0.318 e. The van der Waals surface area contributed by atoms with Crippen molar-refractivity contribution in [2.45, 2.75) is 37.9 Å². The molecule has 2 aliphatic rings. The molecule has 2 amide bonds. The van der Waals surface area contributed by atoms with Crippen molar-refractivity contribution >= 4 is 6.03 Å². The summed E-state index contributed by atoms with van der Waals surface area (Å²) in [4.78, 5) is 17.6. The Morgan fingerprint density at radius 2 is 1.79 bits per heavy atom. The molecular formula is C23H29N3O2. The van der Waals surface area contributed by atoms with Crippen molar-refractivity contribution in [1.29, 1.82) is 0 Å². The summed E-state index contributed by atoms with van der Waals surface area (Å²) in [7, 11) is 1.66. The summed E-state index contributed by atoms with van der Waals surface area (Å²) in [5, 5.41) is 3.11. The quantitative estimate of drug-likeness (QED) is 0.838. The molecule has 1 unspecified atom stereocenters. The van der Waals surface area contributed by atoms with Gasteiger partial charge in [-0.3, -0.25) is 4.90 Å². The number of carbonyl (C=O) groups is 1. The molecule has 5 heteroatoms. The van der Waals surface area contributed by atoms with Gasteiger partial charge in [-0.2, -0.15) is 0 Å². The highest BCUT2D eigenvalue weighted by Crippen LogP contribution is 2.29. The van der Waals surface area contributed by atoms with Gasteiger partial charge in [-0.1, -0.05) is 42.5 Å². The van der Waals surface area contributed by atoms with Crippen molar-refractivity contribution in [2.75, 3.05) is 26.7 Å². The molecule has 28 heavy (non-hydrogen) atoms.